The van der Waals surface area contributed by atoms with Gasteiger partial charge in [0.25, 0.3) is 0 Å². The lowest BCUT2D eigenvalue weighted by Gasteiger charge is -2.10. The van der Waals surface area contributed by atoms with Gasteiger partial charge in [-0.2, -0.15) is 0 Å². The normalized spacial score (nSPS) is 11.0. The summed E-state index contributed by atoms with van der Waals surface area (Å²) in [5.74, 6) is 5.92. The fourth-order valence-electron chi connectivity index (χ4n) is 1.25. The van der Waals surface area contributed by atoms with Crippen LogP contribution in [0, 0.1) is 11.8 Å². The molecule has 1 rings (SSSR count). The van der Waals surface area contributed by atoms with Crippen molar-refractivity contribution in [2.45, 2.75) is 10.9 Å². The average molecular weight is 262 g/mol. The van der Waals surface area contributed by atoms with Gasteiger partial charge in [-0.3, -0.25) is 4.79 Å². The maximum atomic E-state index is 10.3. The van der Waals surface area contributed by atoms with Gasteiger partial charge in [0, 0.05) is 28.2 Å². The maximum Gasteiger partial charge on any atom is 0.211 e. The zero-order valence-corrected chi connectivity index (χ0v) is 10.8. The molecule has 3 N–H and O–H groups in total. The van der Waals surface area contributed by atoms with Crippen molar-refractivity contribution < 1.29 is 9.35 Å². The molecular formula is C13H14N2O2S. The van der Waals surface area contributed by atoms with E-state index in [1.165, 1.54) is 0 Å². The Bertz CT molecular complexity index is 474. The van der Waals surface area contributed by atoms with Crippen LogP contribution in [0.15, 0.2) is 41.4 Å². The lowest BCUT2D eigenvalue weighted by Crippen LogP contribution is -2.31. The van der Waals surface area contributed by atoms with Crippen LogP contribution >= 0.6 is 12.0 Å². The number of hydrogen-bond donors (Lipinski definition) is 3. The Morgan fingerprint density at radius 1 is 1.50 bits per heavy atom. The zero-order chi connectivity index (χ0) is 13.4. The van der Waals surface area contributed by atoms with E-state index in [0.717, 1.165) is 10.5 Å². The molecule has 0 spiro atoms. The summed E-state index contributed by atoms with van der Waals surface area (Å²) in [5.41, 5.74) is 1.33. The first-order valence-electron chi connectivity index (χ1n) is 5.20. The molecule has 94 valence electrons. The van der Waals surface area contributed by atoms with Crippen molar-refractivity contribution in [3.05, 3.63) is 42.1 Å². The van der Waals surface area contributed by atoms with Crippen LogP contribution in [0.2, 0.25) is 0 Å². The van der Waals surface area contributed by atoms with Gasteiger partial charge in [0.15, 0.2) is 0 Å². The summed E-state index contributed by atoms with van der Waals surface area (Å²) in [6.07, 6.45) is 0.571. The molecular weight excluding hydrogens is 248 g/mol. The number of rotatable bonds is 5. The Morgan fingerprint density at radius 3 is 2.67 bits per heavy atom. The van der Waals surface area contributed by atoms with Crippen LogP contribution in [0.25, 0.3) is 0 Å². The van der Waals surface area contributed by atoms with Gasteiger partial charge in [-0.05, 0) is 31.3 Å². The molecule has 1 amide bonds. The van der Waals surface area contributed by atoms with E-state index in [4.69, 9.17) is 4.55 Å². The van der Waals surface area contributed by atoms with Crippen LogP contribution in [0.3, 0.4) is 0 Å². The summed E-state index contributed by atoms with van der Waals surface area (Å²) in [7, 11) is 1.74. The Morgan fingerprint density at radius 2 is 2.17 bits per heavy atom. The minimum Gasteiger partial charge on any atom is -0.330 e. The van der Waals surface area contributed by atoms with Crippen molar-refractivity contribution in [1.29, 1.82) is 0 Å². The maximum absolute atomic E-state index is 10.3. The molecule has 1 unspecified atom stereocenters. The molecule has 0 saturated heterocycles. The van der Waals surface area contributed by atoms with E-state index in [1.807, 2.05) is 12.1 Å². The van der Waals surface area contributed by atoms with Crippen LogP contribution in [0.5, 0.6) is 0 Å². The minimum atomic E-state index is -0.304. The number of likely N-dealkylation sites (N-methyl/N-ethyl adjacent to an activating group) is 1. The van der Waals surface area contributed by atoms with Crippen LogP contribution in [0.1, 0.15) is 5.56 Å². The molecule has 0 saturated carbocycles. The third-order valence-electron chi connectivity index (χ3n) is 2.20. The summed E-state index contributed by atoms with van der Waals surface area (Å²) >= 11 is 0.694. The van der Waals surface area contributed by atoms with E-state index >= 15 is 0 Å². The molecule has 0 aliphatic carbocycles. The van der Waals surface area contributed by atoms with Gasteiger partial charge in [-0.1, -0.05) is 18.4 Å². The molecule has 0 aromatic heterocycles. The first kappa shape index (κ1) is 14.3. The third-order valence-corrected chi connectivity index (χ3v) is 2.69. The largest absolute Gasteiger partial charge is 0.330 e. The Balaban J connectivity index is 2.77. The topological polar surface area (TPSA) is 61.4 Å². The van der Waals surface area contributed by atoms with Gasteiger partial charge in [-0.25, -0.2) is 0 Å². The minimum absolute atomic E-state index is 0.304. The third kappa shape index (κ3) is 4.26. The molecule has 0 radical (unpaired) electrons. The van der Waals surface area contributed by atoms with E-state index in [0.29, 0.717) is 24.1 Å². The van der Waals surface area contributed by atoms with Gasteiger partial charge in [0.2, 0.25) is 6.41 Å². The van der Waals surface area contributed by atoms with E-state index < -0.39 is 0 Å². The van der Waals surface area contributed by atoms with E-state index in [9.17, 15) is 4.79 Å². The Labute approximate surface area is 111 Å². The van der Waals surface area contributed by atoms with Crippen molar-refractivity contribution in [1.82, 2.24) is 10.6 Å². The fraction of sp³-hybridized carbons (Fsp3) is 0.154. The van der Waals surface area contributed by atoms with Gasteiger partial charge < -0.3 is 15.2 Å². The standard InChI is InChI=1S/C13H14N2O2S/c1-10(15-9-16)13(14-2)8-5-11-3-6-12(18-17)7-4-11/h3-4,6-7,9,13-14,17H,1H2,2H3,(H,15,16). The van der Waals surface area contributed by atoms with E-state index in [2.05, 4.69) is 29.1 Å². The van der Waals surface area contributed by atoms with Gasteiger partial charge >= 0.3 is 0 Å². The number of carbonyl (C=O) groups is 1. The quantitative estimate of drug-likeness (QED) is 0.427. The average Bonchev–Trinajstić information content (AvgIpc) is 2.40. The van der Waals surface area contributed by atoms with Crippen molar-refractivity contribution in [2.75, 3.05) is 7.05 Å². The SMILES string of the molecule is C=C(NC=O)C(C#Cc1ccc(SO)cc1)NC. The molecule has 5 heteroatoms. The van der Waals surface area contributed by atoms with Crippen molar-refractivity contribution in [2.24, 2.45) is 0 Å². The number of amides is 1. The van der Waals surface area contributed by atoms with E-state index in [-0.39, 0.29) is 6.04 Å². The fourth-order valence-corrected chi connectivity index (χ4v) is 1.50. The second-order valence-electron chi connectivity index (χ2n) is 3.39. The van der Waals surface area contributed by atoms with Gasteiger partial charge in [-0.15, -0.1) is 0 Å². The second kappa shape index (κ2) is 7.56. The molecule has 18 heavy (non-hydrogen) atoms. The first-order chi connectivity index (χ1) is 8.71. The molecule has 0 aliphatic rings. The monoisotopic (exact) mass is 262 g/mol. The lowest BCUT2D eigenvalue weighted by molar-refractivity contribution is -0.109. The molecule has 1 aromatic rings. The summed E-state index contributed by atoms with van der Waals surface area (Å²) < 4.78 is 8.83. The predicted octanol–water partition coefficient (Wildman–Crippen LogP) is 1.45. The molecule has 1 aromatic carbocycles. The molecule has 0 aliphatic heterocycles. The van der Waals surface area contributed by atoms with Crippen molar-refractivity contribution in [3.8, 4) is 11.8 Å². The summed E-state index contributed by atoms with van der Waals surface area (Å²) in [6.45, 7) is 3.71. The van der Waals surface area contributed by atoms with Crippen LogP contribution in [-0.2, 0) is 4.79 Å². The highest BCUT2D eigenvalue weighted by Crippen LogP contribution is 2.13. The van der Waals surface area contributed by atoms with E-state index in [1.54, 1.807) is 19.2 Å². The highest BCUT2D eigenvalue weighted by Gasteiger charge is 2.04. The first-order valence-corrected chi connectivity index (χ1v) is 5.98. The van der Waals surface area contributed by atoms with Crippen molar-refractivity contribution >= 4 is 18.5 Å². The summed E-state index contributed by atoms with van der Waals surface area (Å²) in [6, 6.07) is 6.88. The van der Waals surface area contributed by atoms with Crippen LogP contribution in [-0.4, -0.2) is 24.1 Å². The molecule has 1 atom stereocenters. The summed E-state index contributed by atoms with van der Waals surface area (Å²) in [4.78, 5) is 11.1. The molecule has 4 nitrogen and oxygen atoms in total. The molecule has 0 fully saturated rings. The Kier molecular flexibility index (Phi) is 6.01. The predicted molar refractivity (Wildman–Crippen MR) is 73.0 cm³/mol. The van der Waals surface area contributed by atoms with Crippen LogP contribution < -0.4 is 10.6 Å². The highest BCUT2D eigenvalue weighted by atomic mass is 32.2. The Hall–Kier alpha value is -1.74. The number of nitrogens with one attached hydrogen (secondary N) is 2. The highest BCUT2D eigenvalue weighted by molar-refractivity contribution is 7.93. The molecule has 0 heterocycles. The number of carbonyl (C=O) groups excluding carboxylic acids is 1. The number of benzene rings is 1. The second-order valence-corrected chi connectivity index (χ2v) is 4.05. The van der Waals surface area contributed by atoms with Gasteiger partial charge in [0.05, 0.1) is 0 Å². The lowest BCUT2D eigenvalue weighted by atomic mass is 10.2. The van der Waals surface area contributed by atoms with Gasteiger partial charge in [0.1, 0.15) is 6.04 Å². The van der Waals surface area contributed by atoms with Crippen LogP contribution in [0.4, 0.5) is 0 Å². The smallest absolute Gasteiger partial charge is 0.211 e. The summed E-state index contributed by atoms with van der Waals surface area (Å²) in [5, 5.41) is 5.42. The number of hydrogen-bond acceptors (Lipinski definition) is 4. The molecule has 0 bridgehead atoms. The van der Waals surface area contributed by atoms with Crippen molar-refractivity contribution in [3.63, 3.8) is 0 Å². The zero-order valence-electron chi connectivity index (χ0n) is 9.93.